The van der Waals surface area contributed by atoms with Gasteiger partial charge in [-0.15, -0.1) is 12.6 Å². The molecule has 0 aliphatic carbocycles. The van der Waals surface area contributed by atoms with Gasteiger partial charge < -0.3 is 5.32 Å². The lowest BCUT2D eigenvalue weighted by atomic mass is 10.1. The first-order chi connectivity index (χ1) is 6.72. The van der Waals surface area contributed by atoms with E-state index in [-0.39, 0.29) is 5.24 Å². The highest BCUT2D eigenvalue weighted by atomic mass is 32.2. The van der Waals surface area contributed by atoms with Gasteiger partial charge in [-0.05, 0) is 30.4 Å². The second kappa shape index (κ2) is 5.98. The summed E-state index contributed by atoms with van der Waals surface area (Å²) in [4.78, 5) is 11.9. The lowest BCUT2D eigenvalue weighted by molar-refractivity contribution is 0.261. The van der Waals surface area contributed by atoms with Crippen LogP contribution in [0.5, 0.6) is 0 Å². The zero-order chi connectivity index (χ0) is 10.4. The smallest absolute Gasteiger partial charge is 0.278 e. The van der Waals surface area contributed by atoms with E-state index in [1.165, 1.54) is 17.3 Å². The van der Waals surface area contributed by atoms with E-state index in [4.69, 9.17) is 0 Å². The van der Waals surface area contributed by atoms with E-state index in [1.54, 1.807) is 6.26 Å². The number of hydrogen-bond acceptors (Lipinski definition) is 3. The number of carbonyl (C=O) groups excluding carboxylic acids is 1. The van der Waals surface area contributed by atoms with E-state index in [2.05, 4.69) is 17.9 Å². The summed E-state index contributed by atoms with van der Waals surface area (Å²) in [5.74, 6) is 0. The van der Waals surface area contributed by atoms with Crippen molar-refractivity contribution in [3.05, 3.63) is 29.8 Å². The number of rotatable bonds is 3. The Morgan fingerprint density at radius 3 is 2.64 bits per heavy atom. The summed E-state index contributed by atoms with van der Waals surface area (Å²) < 4.78 is 0. The quantitative estimate of drug-likeness (QED) is 0.777. The molecule has 0 aromatic heterocycles. The molecule has 0 bridgehead atoms. The van der Waals surface area contributed by atoms with Crippen LogP contribution in [-0.4, -0.2) is 18.0 Å². The van der Waals surface area contributed by atoms with Crippen LogP contribution in [0, 0.1) is 0 Å². The molecule has 76 valence electrons. The lowest BCUT2D eigenvalue weighted by Crippen LogP contribution is -2.20. The van der Waals surface area contributed by atoms with Crippen molar-refractivity contribution in [1.82, 2.24) is 5.32 Å². The summed E-state index contributed by atoms with van der Waals surface area (Å²) in [6, 6.07) is 7.95. The van der Waals surface area contributed by atoms with Crippen LogP contribution in [0.3, 0.4) is 0 Å². The Labute approximate surface area is 93.9 Å². The van der Waals surface area contributed by atoms with Crippen molar-refractivity contribution in [2.45, 2.75) is 11.3 Å². The van der Waals surface area contributed by atoms with Crippen molar-refractivity contribution in [3.63, 3.8) is 0 Å². The van der Waals surface area contributed by atoms with Crippen molar-refractivity contribution in [3.8, 4) is 0 Å². The van der Waals surface area contributed by atoms with Gasteiger partial charge in [0.2, 0.25) is 0 Å². The molecule has 0 atom stereocenters. The lowest BCUT2D eigenvalue weighted by Gasteiger charge is -2.03. The molecule has 0 spiro atoms. The second-order valence-electron chi connectivity index (χ2n) is 2.83. The predicted octanol–water partition coefficient (Wildman–Crippen LogP) is 2.59. The van der Waals surface area contributed by atoms with Gasteiger partial charge in [-0.3, -0.25) is 4.79 Å². The van der Waals surface area contributed by atoms with E-state index in [9.17, 15) is 4.79 Å². The van der Waals surface area contributed by atoms with E-state index >= 15 is 0 Å². The topological polar surface area (TPSA) is 29.1 Å². The molecule has 4 heteroatoms. The Morgan fingerprint density at radius 1 is 1.43 bits per heavy atom. The van der Waals surface area contributed by atoms with Gasteiger partial charge in [0.05, 0.1) is 0 Å². The number of hydrogen-bond donors (Lipinski definition) is 2. The number of thiol groups is 1. The first-order valence-corrected chi connectivity index (χ1v) is 5.99. The van der Waals surface area contributed by atoms with Crippen molar-refractivity contribution in [2.75, 3.05) is 12.8 Å². The molecule has 0 aliphatic heterocycles. The van der Waals surface area contributed by atoms with Gasteiger partial charge in [-0.1, -0.05) is 23.9 Å². The fourth-order valence-electron chi connectivity index (χ4n) is 1.04. The van der Waals surface area contributed by atoms with Gasteiger partial charge in [-0.2, -0.15) is 0 Å². The molecular formula is C10H13NOS2. The van der Waals surface area contributed by atoms with E-state index < -0.39 is 0 Å². The Hall–Kier alpha value is -0.610. The number of benzene rings is 1. The summed E-state index contributed by atoms with van der Waals surface area (Å²) >= 11 is 5.40. The molecule has 0 unspecified atom stereocenters. The Morgan fingerprint density at radius 2 is 2.07 bits per heavy atom. The van der Waals surface area contributed by atoms with Gasteiger partial charge in [0, 0.05) is 11.4 Å². The summed E-state index contributed by atoms with van der Waals surface area (Å²) in [6.45, 7) is 0.686. The first kappa shape index (κ1) is 11.5. The van der Waals surface area contributed by atoms with Gasteiger partial charge in [0.15, 0.2) is 0 Å². The molecule has 1 amide bonds. The number of amides is 1. The van der Waals surface area contributed by atoms with Crippen LogP contribution in [-0.2, 0) is 6.42 Å². The normalized spacial score (nSPS) is 9.86. The Kier molecular flexibility index (Phi) is 4.90. The first-order valence-electron chi connectivity index (χ1n) is 4.32. The Bertz CT molecular complexity index is 297. The third-order valence-electron chi connectivity index (χ3n) is 1.80. The average Bonchev–Trinajstić information content (AvgIpc) is 2.21. The molecule has 2 nitrogen and oxygen atoms in total. The highest BCUT2D eigenvalue weighted by molar-refractivity contribution is 8.12. The molecule has 0 radical (unpaired) electrons. The van der Waals surface area contributed by atoms with Crippen LogP contribution < -0.4 is 5.32 Å². The molecule has 14 heavy (non-hydrogen) atoms. The molecule has 0 fully saturated rings. The summed E-state index contributed by atoms with van der Waals surface area (Å²) in [5.41, 5.74) is 1.21. The van der Waals surface area contributed by atoms with E-state index in [1.807, 2.05) is 24.3 Å². The van der Waals surface area contributed by atoms with Crippen molar-refractivity contribution >= 4 is 29.6 Å². The largest absolute Gasteiger partial charge is 0.347 e. The van der Waals surface area contributed by atoms with Crippen LogP contribution >= 0.6 is 24.4 Å². The van der Waals surface area contributed by atoms with Crippen molar-refractivity contribution in [1.29, 1.82) is 0 Å². The molecule has 0 saturated carbocycles. The zero-order valence-electron chi connectivity index (χ0n) is 7.99. The van der Waals surface area contributed by atoms with Gasteiger partial charge in [0.1, 0.15) is 0 Å². The molecule has 1 rings (SSSR count). The maximum Gasteiger partial charge on any atom is 0.278 e. The van der Waals surface area contributed by atoms with Crippen LogP contribution in [0.4, 0.5) is 4.79 Å². The van der Waals surface area contributed by atoms with Crippen LogP contribution in [0.25, 0.3) is 0 Å². The molecule has 1 N–H and O–H groups in total. The van der Waals surface area contributed by atoms with E-state index in [0.717, 1.165) is 11.3 Å². The fraction of sp³-hybridized carbons (Fsp3) is 0.300. The van der Waals surface area contributed by atoms with E-state index in [0.29, 0.717) is 6.54 Å². The maximum atomic E-state index is 10.9. The number of nitrogens with one attached hydrogen (secondary N) is 1. The third kappa shape index (κ3) is 4.07. The highest BCUT2D eigenvalue weighted by Crippen LogP contribution is 2.07. The van der Waals surface area contributed by atoms with Crippen molar-refractivity contribution in [2.24, 2.45) is 0 Å². The molecule has 0 heterocycles. The third-order valence-corrected chi connectivity index (χ3v) is 2.62. The van der Waals surface area contributed by atoms with Gasteiger partial charge in [-0.25, -0.2) is 0 Å². The second-order valence-corrected chi connectivity index (χ2v) is 4.13. The fourth-order valence-corrected chi connectivity index (χ4v) is 1.44. The Balaban J connectivity index is 2.31. The molecular weight excluding hydrogens is 214 g/mol. The van der Waals surface area contributed by atoms with Crippen LogP contribution in [0.2, 0.25) is 0 Å². The SMILES string of the molecule is CSC(=O)NCCc1ccc(S)cc1. The van der Waals surface area contributed by atoms with Crippen molar-refractivity contribution < 1.29 is 4.79 Å². The number of thioether (sulfide) groups is 1. The summed E-state index contributed by atoms with van der Waals surface area (Å²) in [7, 11) is 0. The molecule has 1 aromatic carbocycles. The average molecular weight is 227 g/mol. The molecule has 1 aromatic rings. The monoisotopic (exact) mass is 227 g/mol. The summed E-state index contributed by atoms with van der Waals surface area (Å²) in [5, 5.41) is 2.82. The molecule has 0 aliphatic rings. The minimum Gasteiger partial charge on any atom is -0.347 e. The zero-order valence-corrected chi connectivity index (χ0v) is 9.70. The highest BCUT2D eigenvalue weighted by Gasteiger charge is 1.97. The maximum absolute atomic E-state index is 10.9. The summed E-state index contributed by atoms with van der Waals surface area (Å²) in [6.07, 6.45) is 2.63. The van der Waals surface area contributed by atoms with Crippen LogP contribution in [0.1, 0.15) is 5.56 Å². The van der Waals surface area contributed by atoms with Gasteiger partial charge >= 0.3 is 0 Å². The standard InChI is InChI=1S/C10H13NOS2/c1-14-10(12)11-7-6-8-2-4-9(13)5-3-8/h2-5,13H,6-7H2,1H3,(H,11,12). The minimum atomic E-state index is 0.0239. The van der Waals surface area contributed by atoms with Crippen LogP contribution in [0.15, 0.2) is 29.2 Å². The predicted molar refractivity (Wildman–Crippen MR) is 64.3 cm³/mol. The number of carbonyl (C=O) groups is 1. The van der Waals surface area contributed by atoms with Gasteiger partial charge in [0.25, 0.3) is 5.24 Å². The molecule has 0 saturated heterocycles. The minimum absolute atomic E-state index is 0.0239.